The number of rotatable bonds is 3. The molecule has 90 valence electrons. The highest BCUT2D eigenvalue weighted by molar-refractivity contribution is 9.10. The molecule has 0 radical (unpaired) electrons. The van der Waals surface area contributed by atoms with E-state index in [0.29, 0.717) is 23.9 Å². The third-order valence-electron chi connectivity index (χ3n) is 2.66. The van der Waals surface area contributed by atoms with Gasteiger partial charge < -0.3 is 4.74 Å². The van der Waals surface area contributed by atoms with Gasteiger partial charge in [-0.25, -0.2) is 4.98 Å². The van der Waals surface area contributed by atoms with Crippen molar-refractivity contribution in [2.75, 3.05) is 13.7 Å². The lowest BCUT2D eigenvalue weighted by atomic mass is 10.2. The molecule has 0 N–H and O–H groups in total. The average molecular weight is 297 g/mol. The minimum Gasteiger partial charge on any atom is -0.384 e. The van der Waals surface area contributed by atoms with Crippen LogP contribution in [0.4, 0.5) is 0 Å². The summed E-state index contributed by atoms with van der Waals surface area (Å²) in [6, 6.07) is 5.49. The summed E-state index contributed by atoms with van der Waals surface area (Å²) in [6.45, 7) is 0.555. The van der Waals surface area contributed by atoms with E-state index in [1.54, 1.807) is 24.8 Å². The summed E-state index contributed by atoms with van der Waals surface area (Å²) >= 11 is 3.38. The quantitative estimate of drug-likeness (QED) is 0.869. The van der Waals surface area contributed by atoms with Gasteiger partial charge in [0.2, 0.25) is 0 Å². The smallest absolute Gasteiger partial charge is 0.261 e. The molecule has 2 aromatic rings. The minimum atomic E-state index is -0.0198. The zero-order valence-electron chi connectivity index (χ0n) is 9.74. The predicted octanol–water partition coefficient (Wildman–Crippen LogP) is 1.88. The molecule has 0 spiro atoms. The number of aromatic nitrogens is 2. The molecule has 0 aliphatic heterocycles. The van der Waals surface area contributed by atoms with Crippen molar-refractivity contribution in [2.24, 2.45) is 7.05 Å². The third-order valence-corrected chi connectivity index (χ3v) is 3.15. The van der Waals surface area contributed by atoms with Gasteiger partial charge in [-0.2, -0.15) is 0 Å². The van der Waals surface area contributed by atoms with Crippen molar-refractivity contribution in [1.29, 1.82) is 0 Å². The maximum atomic E-state index is 12.1. The predicted molar refractivity (Wildman–Crippen MR) is 70.3 cm³/mol. The van der Waals surface area contributed by atoms with Crippen LogP contribution < -0.4 is 5.56 Å². The Morgan fingerprint density at radius 1 is 1.47 bits per heavy atom. The van der Waals surface area contributed by atoms with Crippen LogP contribution in [0.25, 0.3) is 10.9 Å². The third kappa shape index (κ3) is 2.40. The zero-order chi connectivity index (χ0) is 12.4. The fraction of sp³-hybridized carbons (Fsp3) is 0.333. The first-order valence-corrected chi connectivity index (χ1v) is 6.07. The van der Waals surface area contributed by atoms with Crippen molar-refractivity contribution in [1.82, 2.24) is 9.55 Å². The lowest BCUT2D eigenvalue weighted by Gasteiger charge is -2.08. The van der Waals surface area contributed by atoms with E-state index < -0.39 is 0 Å². The van der Waals surface area contributed by atoms with E-state index in [1.165, 1.54) is 0 Å². The van der Waals surface area contributed by atoms with Crippen molar-refractivity contribution < 1.29 is 4.74 Å². The molecule has 0 aliphatic rings. The van der Waals surface area contributed by atoms with Gasteiger partial charge >= 0.3 is 0 Å². The number of benzene rings is 1. The molecule has 2 rings (SSSR count). The maximum Gasteiger partial charge on any atom is 0.261 e. The van der Waals surface area contributed by atoms with Crippen LogP contribution >= 0.6 is 15.9 Å². The Kier molecular flexibility index (Phi) is 3.59. The Bertz CT molecular complexity index is 607. The largest absolute Gasteiger partial charge is 0.384 e. The van der Waals surface area contributed by atoms with Gasteiger partial charge in [0.1, 0.15) is 5.82 Å². The molecule has 0 aliphatic carbocycles. The van der Waals surface area contributed by atoms with Crippen molar-refractivity contribution >= 4 is 26.8 Å². The number of hydrogen-bond donors (Lipinski definition) is 0. The molecule has 0 bridgehead atoms. The van der Waals surface area contributed by atoms with Crippen LogP contribution in [0.15, 0.2) is 27.5 Å². The Morgan fingerprint density at radius 3 is 2.94 bits per heavy atom. The van der Waals surface area contributed by atoms with Crippen molar-refractivity contribution in [3.8, 4) is 0 Å². The number of nitrogens with zero attached hydrogens (tertiary/aromatic N) is 2. The summed E-state index contributed by atoms with van der Waals surface area (Å²) < 4.78 is 7.51. The van der Waals surface area contributed by atoms with Crippen molar-refractivity contribution in [3.05, 3.63) is 38.9 Å². The molecule has 0 fully saturated rings. The second kappa shape index (κ2) is 4.98. The topological polar surface area (TPSA) is 44.1 Å². The average Bonchev–Trinajstić information content (AvgIpc) is 2.31. The van der Waals surface area contributed by atoms with Gasteiger partial charge in [0.25, 0.3) is 5.56 Å². The molecule has 0 atom stereocenters. The summed E-state index contributed by atoms with van der Waals surface area (Å²) in [4.78, 5) is 16.6. The van der Waals surface area contributed by atoms with Gasteiger partial charge in [-0.05, 0) is 18.2 Å². The van der Waals surface area contributed by atoms with E-state index >= 15 is 0 Å². The SMILES string of the molecule is COCCc1nc2cc(Br)ccc2c(=O)n1C. The molecule has 17 heavy (non-hydrogen) atoms. The zero-order valence-corrected chi connectivity index (χ0v) is 11.3. The van der Waals surface area contributed by atoms with Crippen LogP contribution in [0.1, 0.15) is 5.82 Å². The van der Waals surface area contributed by atoms with E-state index in [-0.39, 0.29) is 5.56 Å². The molecule has 4 nitrogen and oxygen atoms in total. The van der Waals surface area contributed by atoms with Crippen LogP contribution in [-0.2, 0) is 18.2 Å². The van der Waals surface area contributed by atoms with E-state index in [0.717, 1.165) is 10.3 Å². The Labute approximate surface area is 107 Å². The Hall–Kier alpha value is -1.20. The normalized spacial score (nSPS) is 11.0. The highest BCUT2D eigenvalue weighted by Gasteiger charge is 2.08. The second-order valence-corrected chi connectivity index (χ2v) is 4.71. The summed E-state index contributed by atoms with van der Waals surface area (Å²) in [5.74, 6) is 0.738. The first-order chi connectivity index (χ1) is 8.13. The second-order valence-electron chi connectivity index (χ2n) is 3.80. The monoisotopic (exact) mass is 296 g/mol. The Morgan fingerprint density at radius 2 is 2.24 bits per heavy atom. The summed E-state index contributed by atoms with van der Waals surface area (Å²) in [7, 11) is 3.37. The van der Waals surface area contributed by atoms with E-state index in [2.05, 4.69) is 20.9 Å². The van der Waals surface area contributed by atoms with E-state index in [9.17, 15) is 4.79 Å². The van der Waals surface area contributed by atoms with Gasteiger partial charge in [-0.15, -0.1) is 0 Å². The van der Waals surface area contributed by atoms with Crippen LogP contribution in [0, 0.1) is 0 Å². The molecule has 5 heteroatoms. The van der Waals surface area contributed by atoms with E-state index in [1.807, 2.05) is 12.1 Å². The van der Waals surface area contributed by atoms with Crippen LogP contribution in [-0.4, -0.2) is 23.3 Å². The number of ether oxygens (including phenoxy) is 1. The minimum absolute atomic E-state index is 0.0198. The Balaban J connectivity index is 2.63. The molecular weight excluding hydrogens is 284 g/mol. The molecule has 1 aromatic heterocycles. The highest BCUT2D eigenvalue weighted by Crippen LogP contribution is 2.15. The first-order valence-electron chi connectivity index (χ1n) is 5.27. The fourth-order valence-electron chi connectivity index (χ4n) is 1.71. The molecule has 1 heterocycles. The lowest BCUT2D eigenvalue weighted by Crippen LogP contribution is -2.23. The molecule has 0 saturated carbocycles. The maximum absolute atomic E-state index is 12.1. The van der Waals surface area contributed by atoms with Gasteiger partial charge in [0.05, 0.1) is 17.5 Å². The summed E-state index contributed by atoms with van der Waals surface area (Å²) in [5, 5.41) is 0.636. The summed E-state index contributed by atoms with van der Waals surface area (Å²) in [6.07, 6.45) is 0.630. The van der Waals surface area contributed by atoms with Crippen LogP contribution in [0.3, 0.4) is 0 Å². The molecule has 0 unspecified atom stereocenters. The summed E-state index contributed by atoms with van der Waals surface area (Å²) in [5.41, 5.74) is 0.696. The highest BCUT2D eigenvalue weighted by atomic mass is 79.9. The standard InChI is InChI=1S/C12H13BrN2O2/c1-15-11(5-6-17-2)14-10-7-8(13)3-4-9(10)12(15)16/h3-4,7H,5-6H2,1-2H3. The molecule has 1 aromatic carbocycles. The number of halogens is 1. The lowest BCUT2D eigenvalue weighted by molar-refractivity contribution is 0.199. The van der Waals surface area contributed by atoms with Crippen LogP contribution in [0.2, 0.25) is 0 Å². The van der Waals surface area contributed by atoms with Crippen molar-refractivity contribution in [3.63, 3.8) is 0 Å². The number of fused-ring (bicyclic) bond motifs is 1. The first kappa shape index (κ1) is 12.3. The number of hydrogen-bond acceptors (Lipinski definition) is 3. The fourth-order valence-corrected chi connectivity index (χ4v) is 2.06. The number of methoxy groups -OCH3 is 1. The van der Waals surface area contributed by atoms with Crippen LogP contribution in [0.5, 0.6) is 0 Å². The van der Waals surface area contributed by atoms with Crippen molar-refractivity contribution in [2.45, 2.75) is 6.42 Å². The van der Waals surface area contributed by atoms with Gasteiger partial charge in [0.15, 0.2) is 0 Å². The van der Waals surface area contributed by atoms with Gasteiger partial charge in [-0.1, -0.05) is 15.9 Å². The van der Waals surface area contributed by atoms with E-state index in [4.69, 9.17) is 4.74 Å². The molecule has 0 amide bonds. The molecular formula is C12H13BrN2O2. The van der Waals surface area contributed by atoms with Gasteiger partial charge in [-0.3, -0.25) is 9.36 Å². The van der Waals surface area contributed by atoms with Gasteiger partial charge in [0, 0.05) is 25.1 Å². The molecule has 0 saturated heterocycles.